The van der Waals surface area contributed by atoms with Gasteiger partial charge < -0.3 is 5.32 Å². The molecule has 2 fully saturated rings. The molecule has 1 aliphatic heterocycles. The summed E-state index contributed by atoms with van der Waals surface area (Å²) >= 11 is 0. The van der Waals surface area contributed by atoms with E-state index in [1.54, 1.807) is 4.31 Å². The van der Waals surface area contributed by atoms with Crippen LogP contribution in [-0.2, 0) is 20.6 Å². The molecule has 144 valence electrons. The van der Waals surface area contributed by atoms with Crippen molar-refractivity contribution in [2.75, 3.05) is 26.2 Å². The monoisotopic (exact) mass is 379 g/mol. The summed E-state index contributed by atoms with van der Waals surface area (Å²) in [7, 11) is -3.32. The van der Waals surface area contributed by atoms with Gasteiger partial charge in [-0.1, -0.05) is 43.2 Å². The molecule has 1 aromatic carbocycles. The molecule has 6 nitrogen and oxygen atoms in total. The lowest BCUT2D eigenvalue weighted by Gasteiger charge is -2.37. The number of nitrogens with one attached hydrogen (secondary N) is 1. The molecule has 1 aromatic rings. The summed E-state index contributed by atoms with van der Waals surface area (Å²) in [5.41, 5.74) is 0.805. The molecule has 1 saturated heterocycles. The fourth-order valence-corrected chi connectivity index (χ4v) is 5.32. The number of nitrogens with zero attached hydrogens (tertiary/aromatic N) is 2. The third-order valence-electron chi connectivity index (χ3n) is 5.49. The zero-order valence-electron chi connectivity index (χ0n) is 15.4. The Morgan fingerprint density at radius 1 is 1.12 bits per heavy atom. The topological polar surface area (TPSA) is 69.7 Å². The highest BCUT2D eigenvalue weighted by atomic mass is 32.2. The van der Waals surface area contributed by atoms with Crippen molar-refractivity contribution in [3.05, 3.63) is 35.9 Å². The quantitative estimate of drug-likeness (QED) is 0.815. The van der Waals surface area contributed by atoms with Crippen LogP contribution in [-0.4, -0.2) is 61.8 Å². The highest BCUT2D eigenvalue weighted by Gasteiger charge is 2.31. The van der Waals surface area contributed by atoms with Gasteiger partial charge in [-0.25, -0.2) is 8.42 Å². The summed E-state index contributed by atoms with van der Waals surface area (Å²) < 4.78 is 26.8. The van der Waals surface area contributed by atoms with Crippen LogP contribution in [0.15, 0.2) is 30.3 Å². The molecule has 26 heavy (non-hydrogen) atoms. The van der Waals surface area contributed by atoms with Crippen LogP contribution in [0.2, 0.25) is 0 Å². The Morgan fingerprint density at radius 2 is 1.73 bits per heavy atom. The lowest BCUT2D eigenvalue weighted by Crippen LogP contribution is -2.55. The maximum absolute atomic E-state index is 12.6. The molecule has 1 atom stereocenters. The number of piperazine rings is 1. The maximum atomic E-state index is 12.6. The Bertz CT molecular complexity index is 694. The number of amides is 1. The van der Waals surface area contributed by atoms with Crippen molar-refractivity contribution in [2.45, 2.75) is 50.4 Å². The number of carbonyl (C=O) groups is 1. The maximum Gasteiger partial charge on any atom is 0.237 e. The number of hydrogen-bond donors (Lipinski definition) is 1. The lowest BCUT2D eigenvalue weighted by molar-refractivity contribution is -0.127. The molecule has 3 rings (SSSR count). The van der Waals surface area contributed by atoms with Gasteiger partial charge in [0.25, 0.3) is 0 Å². The number of sulfonamides is 1. The van der Waals surface area contributed by atoms with Crippen LogP contribution in [0.3, 0.4) is 0 Å². The van der Waals surface area contributed by atoms with Gasteiger partial charge in [0.2, 0.25) is 15.9 Å². The smallest absolute Gasteiger partial charge is 0.237 e. The fraction of sp³-hybridized carbons (Fsp3) is 0.632. The number of carbonyl (C=O) groups excluding carboxylic acids is 1. The zero-order chi connectivity index (χ0) is 18.6. The summed E-state index contributed by atoms with van der Waals surface area (Å²) in [5.74, 6) is 0.100. The Balaban J connectivity index is 1.50. The first kappa shape index (κ1) is 19.3. The third-order valence-corrected chi connectivity index (χ3v) is 7.34. The molecule has 1 heterocycles. The van der Waals surface area contributed by atoms with Gasteiger partial charge in [-0.05, 0) is 25.3 Å². The average molecular weight is 380 g/mol. The molecular formula is C19H29N3O3S. The van der Waals surface area contributed by atoms with E-state index in [-0.39, 0.29) is 17.7 Å². The number of benzene rings is 1. The van der Waals surface area contributed by atoms with Crippen LogP contribution >= 0.6 is 0 Å². The molecular weight excluding hydrogens is 350 g/mol. The van der Waals surface area contributed by atoms with Crippen LogP contribution in [0.25, 0.3) is 0 Å². The second-order valence-electron chi connectivity index (χ2n) is 7.34. The minimum absolute atomic E-state index is 0.0333. The van der Waals surface area contributed by atoms with Gasteiger partial charge in [0.05, 0.1) is 11.8 Å². The third kappa shape index (κ3) is 4.84. The van der Waals surface area contributed by atoms with Gasteiger partial charge in [0.15, 0.2) is 0 Å². The zero-order valence-corrected chi connectivity index (χ0v) is 16.2. The number of hydrogen-bond acceptors (Lipinski definition) is 4. The van der Waals surface area contributed by atoms with Crippen molar-refractivity contribution in [1.82, 2.24) is 14.5 Å². The molecule has 2 aliphatic rings. The lowest BCUT2D eigenvalue weighted by atomic mass is 10.2. The predicted octanol–water partition coefficient (Wildman–Crippen LogP) is 1.58. The van der Waals surface area contributed by atoms with Crippen LogP contribution in [0, 0.1) is 0 Å². The SMILES string of the molecule is CC(C(=O)NC1CCCC1)N1CCN(S(=O)(=O)Cc2ccccc2)CC1. The van der Waals surface area contributed by atoms with E-state index in [0.29, 0.717) is 32.2 Å². The Kier molecular flexibility index (Phi) is 6.32. The van der Waals surface area contributed by atoms with E-state index < -0.39 is 10.0 Å². The average Bonchev–Trinajstić information content (AvgIpc) is 3.14. The number of rotatable bonds is 6. The molecule has 0 aromatic heterocycles. The van der Waals surface area contributed by atoms with Gasteiger partial charge >= 0.3 is 0 Å². The van der Waals surface area contributed by atoms with Crippen molar-refractivity contribution in [3.63, 3.8) is 0 Å². The van der Waals surface area contributed by atoms with E-state index >= 15 is 0 Å². The molecule has 0 bridgehead atoms. The van der Waals surface area contributed by atoms with Crippen LogP contribution < -0.4 is 5.32 Å². The van der Waals surface area contributed by atoms with E-state index in [2.05, 4.69) is 10.2 Å². The summed E-state index contributed by atoms with van der Waals surface area (Å²) in [6.07, 6.45) is 4.53. The van der Waals surface area contributed by atoms with Crippen LogP contribution in [0.1, 0.15) is 38.2 Å². The van der Waals surface area contributed by atoms with Gasteiger partial charge in [-0.2, -0.15) is 4.31 Å². The molecule has 1 saturated carbocycles. The Labute approximate surface area is 156 Å². The molecule has 1 unspecified atom stereocenters. The van der Waals surface area contributed by atoms with Crippen molar-refractivity contribution >= 4 is 15.9 Å². The predicted molar refractivity (Wildman–Crippen MR) is 102 cm³/mol. The highest BCUT2D eigenvalue weighted by molar-refractivity contribution is 7.88. The summed E-state index contributed by atoms with van der Waals surface area (Å²) in [6.45, 7) is 3.98. The minimum atomic E-state index is -3.32. The van der Waals surface area contributed by atoms with Crippen molar-refractivity contribution < 1.29 is 13.2 Å². The first-order valence-corrected chi connectivity index (χ1v) is 11.1. The van der Waals surface area contributed by atoms with E-state index in [1.807, 2.05) is 37.3 Å². The van der Waals surface area contributed by atoms with Gasteiger partial charge in [-0.15, -0.1) is 0 Å². The van der Waals surface area contributed by atoms with Gasteiger partial charge in [-0.3, -0.25) is 9.69 Å². The van der Waals surface area contributed by atoms with Crippen molar-refractivity contribution in [3.8, 4) is 0 Å². The van der Waals surface area contributed by atoms with Crippen LogP contribution in [0.5, 0.6) is 0 Å². The van der Waals surface area contributed by atoms with Crippen LogP contribution in [0.4, 0.5) is 0 Å². The van der Waals surface area contributed by atoms with E-state index in [4.69, 9.17) is 0 Å². The molecule has 1 amide bonds. The second kappa shape index (κ2) is 8.50. The largest absolute Gasteiger partial charge is 0.352 e. The molecule has 0 radical (unpaired) electrons. The van der Waals surface area contributed by atoms with Gasteiger partial charge in [0, 0.05) is 32.2 Å². The molecule has 1 aliphatic carbocycles. The molecule has 7 heteroatoms. The van der Waals surface area contributed by atoms with Crippen molar-refractivity contribution in [2.24, 2.45) is 0 Å². The summed E-state index contributed by atoms with van der Waals surface area (Å²) in [6, 6.07) is 9.37. The molecule has 0 spiro atoms. The normalized spacial score (nSPS) is 21.6. The van der Waals surface area contributed by atoms with E-state index in [9.17, 15) is 13.2 Å². The van der Waals surface area contributed by atoms with E-state index in [0.717, 1.165) is 18.4 Å². The highest BCUT2D eigenvalue weighted by Crippen LogP contribution is 2.19. The Hall–Kier alpha value is -1.44. The van der Waals surface area contributed by atoms with Gasteiger partial charge in [0.1, 0.15) is 0 Å². The van der Waals surface area contributed by atoms with E-state index in [1.165, 1.54) is 12.8 Å². The molecule has 1 N–H and O–H groups in total. The van der Waals surface area contributed by atoms with Crippen molar-refractivity contribution in [1.29, 1.82) is 0 Å². The summed E-state index contributed by atoms with van der Waals surface area (Å²) in [4.78, 5) is 14.5. The minimum Gasteiger partial charge on any atom is -0.352 e. The first-order chi connectivity index (χ1) is 12.5. The standard InChI is InChI=1S/C19H29N3O3S/c1-16(19(23)20-18-9-5-6-10-18)21-11-13-22(14-12-21)26(24,25)15-17-7-3-2-4-8-17/h2-4,7-8,16,18H,5-6,9-15H2,1H3,(H,20,23). The fourth-order valence-electron chi connectivity index (χ4n) is 3.80. The summed E-state index contributed by atoms with van der Waals surface area (Å²) in [5, 5.41) is 3.14. The first-order valence-electron chi connectivity index (χ1n) is 9.52. The second-order valence-corrected chi connectivity index (χ2v) is 9.31. The Morgan fingerprint density at radius 3 is 2.35 bits per heavy atom.